The Morgan fingerprint density at radius 1 is 1.33 bits per heavy atom. The van der Waals surface area contributed by atoms with E-state index in [9.17, 15) is 4.79 Å². The number of amides is 1. The van der Waals surface area contributed by atoms with Gasteiger partial charge in [-0.25, -0.2) is 4.98 Å². The Morgan fingerprint density at radius 2 is 2.17 bits per heavy atom. The van der Waals surface area contributed by atoms with Crippen molar-refractivity contribution in [2.45, 2.75) is 26.8 Å². The van der Waals surface area contributed by atoms with Gasteiger partial charge in [0.2, 0.25) is 0 Å². The zero-order valence-corrected chi connectivity index (χ0v) is 14.1. The maximum atomic E-state index is 12.8. The fourth-order valence-electron chi connectivity index (χ4n) is 3.64. The summed E-state index contributed by atoms with van der Waals surface area (Å²) in [5.74, 6) is 1.64. The van der Waals surface area contributed by atoms with E-state index in [0.29, 0.717) is 11.6 Å². The molecule has 1 fully saturated rings. The van der Waals surface area contributed by atoms with E-state index in [-0.39, 0.29) is 5.91 Å². The van der Waals surface area contributed by atoms with E-state index >= 15 is 0 Å². The molecule has 0 spiro atoms. The summed E-state index contributed by atoms with van der Waals surface area (Å²) < 4.78 is 2.25. The zero-order valence-electron chi connectivity index (χ0n) is 14.1. The highest BCUT2D eigenvalue weighted by molar-refractivity contribution is 5.98. The Balaban J connectivity index is 1.47. The van der Waals surface area contributed by atoms with E-state index in [1.807, 2.05) is 48.4 Å². The van der Waals surface area contributed by atoms with Crippen molar-refractivity contribution in [1.82, 2.24) is 19.4 Å². The second-order valence-corrected chi connectivity index (χ2v) is 6.73. The molecule has 0 bridgehead atoms. The van der Waals surface area contributed by atoms with E-state index in [4.69, 9.17) is 0 Å². The Labute approximate surface area is 141 Å². The largest absolute Gasteiger partial charge is 0.351 e. The maximum Gasteiger partial charge on any atom is 0.270 e. The van der Waals surface area contributed by atoms with Gasteiger partial charge in [0, 0.05) is 42.4 Å². The van der Waals surface area contributed by atoms with Crippen LogP contribution in [0, 0.1) is 19.8 Å². The first-order valence-corrected chi connectivity index (χ1v) is 8.47. The van der Waals surface area contributed by atoms with Gasteiger partial charge in [0.1, 0.15) is 11.5 Å². The number of nitrogens with zero attached hydrogens (tertiary/aromatic N) is 3. The van der Waals surface area contributed by atoms with Gasteiger partial charge >= 0.3 is 0 Å². The molecular formula is C19H22N4O. The number of benzene rings is 1. The number of aryl methyl sites for hydroxylation is 2. The van der Waals surface area contributed by atoms with Crippen molar-refractivity contribution < 1.29 is 4.79 Å². The van der Waals surface area contributed by atoms with Crippen LogP contribution in [0.2, 0.25) is 0 Å². The SMILES string of the molecule is Cc1cnc(C)n1CC1CCN(C(=O)c2cc3ccccc3[nH]2)C1. The number of rotatable bonds is 3. The molecular weight excluding hydrogens is 300 g/mol. The lowest BCUT2D eigenvalue weighted by molar-refractivity contribution is 0.0781. The third-order valence-electron chi connectivity index (χ3n) is 5.03. The monoisotopic (exact) mass is 322 g/mol. The molecule has 0 aliphatic carbocycles. The molecule has 3 aromatic rings. The van der Waals surface area contributed by atoms with E-state index in [1.54, 1.807) is 0 Å². The van der Waals surface area contributed by atoms with Gasteiger partial charge in [-0.2, -0.15) is 0 Å². The summed E-state index contributed by atoms with van der Waals surface area (Å²) in [6.07, 6.45) is 2.96. The fourth-order valence-corrected chi connectivity index (χ4v) is 3.64. The van der Waals surface area contributed by atoms with Crippen LogP contribution in [0.1, 0.15) is 28.4 Å². The molecule has 1 aromatic carbocycles. The lowest BCUT2D eigenvalue weighted by atomic mass is 10.1. The number of imidazole rings is 1. The highest BCUT2D eigenvalue weighted by atomic mass is 16.2. The standard InChI is InChI=1S/C19H22N4O/c1-13-10-20-14(2)23(13)12-15-7-8-22(11-15)19(24)18-9-16-5-3-4-6-17(16)21-18/h3-6,9-10,15,21H,7-8,11-12H2,1-2H3. The number of fused-ring (bicyclic) bond motifs is 1. The predicted molar refractivity (Wildman–Crippen MR) is 94.0 cm³/mol. The predicted octanol–water partition coefficient (Wildman–Crippen LogP) is 3.14. The Morgan fingerprint density at radius 3 is 2.92 bits per heavy atom. The first-order chi connectivity index (χ1) is 11.6. The van der Waals surface area contributed by atoms with Gasteiger partial charge in [-0.3, -0.25) is 4.79 Å². The van der Waals surface area contributed by atoms with Crippen LogP contribution in [0.3, 0.4) is 0 Å². The number of aromatic amines is 1. The summed E-state index contributed by atoms with van der Waals surface area (Å²) in [5.41, 5.74) is 2.89. The van der Waals surface area contributed by atoms with E-state index in [1.165, 1.54) is 5.69 Å². The third kappa shape index (κ3) is 2.60. The quantitative estimate of drug-likeness (QED) is 0.805. The number of hydrogen-bond acceptors (Lipinski definition) is 2. The van der Waals surface area contributed by atoms with E-state index in [0.717, 1.165) is 42.8 Å². The zero-order chi connectivity index (χ0) is 16.7. The van der Waals surface area contributed by atoms with Crippen molar-refractivity contribution in [2.24, 2.45) is 5.92 Å². The Kier molecular flexibility index (Phi) is 3.63. The lowest BCUT2D eigenvalue weighted by Crippen LogP contribution is -2.29. The second kappa shape index (κ2) is 5.82. The van der Waals surface area contributed by atoms with Crippen molar-refractivity contribution >= 4 is 16.8 Å². The number of hydrogen-bond donors (Lipinski definition) is 1. The average Bonchev–Trinajstić information content (AvgIpc) is 3.29. The molecule has 2 aromatic heterocycles. The molecule has 24 heavy (non-hydrogen) atoms. The number of para-hydroxylation sites is 1. The Hall–Kier alpha value is -2.56. The number of likely N-dealkylation sites (tertiary alicyclic amines) is 1. The van der Waals surface area contributed by atoms with Crippen LogP contribution in [0.25, 0.3) is 10.9 Å². The van der Waals surface area contributed by atoms with Gasteiger partial charge in [-0.1, -0.05) is 18.2 Å². The van der Waals surface area contributed by atoms with Crippen LogP contribution in [0.4, 0.5) is 0 Å². The molecule has 1 atom stereocenters. The summed E-state index contributed by atoms with van der Waals surface area (Å²) in [5, 5.41) is 1.08. The van der Waals surface area contributed by atoms with E-state index in [2.05, 4.69) is 21.5 Å². The molecule has 5 nitrogen and oxygen atoms in total. The van der Waals surface area contributed by atoms with Crippen LogP contribution < -0.4 is 0 Å². The molecule has 1 saturated heterocycles. The first-order valence-electron chi connectivity index (χ1n) is 8.47. The van der Waals surface area contributed by atoms with E-state index < -0.39 is 0 Å². The number of H-pyrrole nitrogens is 1. The second-order valence-electron chi connectivity index (χ2n) is 6.73. The van der Waals surface area contributed by atoms with Crippen LogP contribution in [-0.2, 0) is 6.54 Å². The number of nitrogens with one attached hydrogen (secondary N) is 1. The highest BCUT2D eigenvalue weighted by Gasteiger charge is 2.28. The molecule has 4 rings (SSSR count). The molecule has 1 amide bonds. The molecule has 1 N–H and O–H groups in total. The van der Waals surface area contributed by atoms with Gasteiger partial charge in [-0.15, -0.1) is 0 Å². The molecule has 0 saturated carbocycles. The van der Waals surface area contributed by atoms with Crippen molar-refractivity contribution in [3.8, 4) is 0 Å². The fraction of sp³-hybridized carbons (Fsp3) is 0.368. The highest BCUT2D eigenvalue weighted by Crippen LogP contribution is 2.23. The topological polar surface area (TPSA) is 53.9 Å². The smallest absolute Gasteiger partial charge is 0.270 e. The van der Waals surface area contributed by atoms with Gasteiger partial charge in [0.25, 0.3) is 5.91 Å². The molecule has 0 radical (unpaired) electrons. The van der Waals surface area contributed by atoms with Gasteiger partial charge < -0.3 is 14.5 Å². The van der Waals surface area contributed by atoms with Crippen LogP contribution in [0.15, 0.2) is 36.5 Å². The van der Waals surface area contributed by atoms with Crippen molar-refractivity contribution in [2.75, 3.05) is 13.1 Å². The average molecular weight is 322 g/mol. The van der Waals surface area contributed by atoms with Crippen molar-refractivity contribution in [3.05, 3.63) is 53.7 Å². The van der Waals surface area contributed by atoms with Crippen LogP contribution >= 0.6 is 0 Å². The minimum Gasteiger partial charge on any atom is -0.351 e. The third-order valence-corrected chi connectivity index (χ3v) is 5.03. The molecule has 1 aliphatic rings. The molecule has 1 aliphatic heterocycles. The van der Waals surface area contributed by atoms with Crippen LogP contribution in [-0.4, -0.2) is 38.4 Å². The number of aromatic nitrogens is 3. The molecule has 3 heterocycles. The summed E-state index contributed by atoms with van der Waals surface area (Å²) in [7, 11) is 0. The summed E-state index contributed by atoms with van der Waals surface area (Å²) >= 11 is 0. The number of carbonyl (C=O) groups is 1. The lowest BCUT2D eigenvalue weighted by Gasteiger charge is -2.17. The molecule has 1 unspecified atom stereocenters. The maximum absolute atomic E-state index is 12.8. The summed E-state index contributed by atoms with van der Waals surface area (Å²) in [4.78, 5) is 22.3. The van der Waals surface area contributed by atoms with Gasteiger partial charge in [0.15, 0.2) is 0 Å². The number of carbonyl (C=O) groups excluding carboxylic acids is 1. The summed E-state index contributed by atoms with van der Waals surface area (Å²) in [6, 6.07) is 9.96. The first kappa shape index (κ1) is 15.0. The Bertz CT molecular complexity index is 839. The van der Waals surface area contributed by atoms with Gasteiger partial charge in [0.05, 0.1) is 0 Å². The van der Waals surface area contributed by atoms with Gasteiger partial charge in [-0.05, 0) is 38.3 Å². The molecule has 124 valence electrons. The summed E-state index contributed by atoms with van der Waals surface area (Å²) in [6.45, 7) is 6.70. The van der Waals surface area contributed by atoms with Crippen molar-refractivity contribution in [1.29, 1.82) is 0 Å². The molecule has 5 heteroatoms. The van der Waals surface area contributed by atoms with Crippen LogP contribution in [0.5, 0.6) is 0 Å². The normalized spacial score (nSPS) is 17.8. The minimum absolute atomic E-state index is 0.104. The van der Waals surface area contributed by atoms with Crippen molar-refractivity contribution in [3.63, 3.8) is 0 Å². The minimum atomic E-state index is 0.104.